The largest absolute Gasteiger partial charge is 0.509 e. The second-order valence-corrected chi connectivity index (χ2v) is 17.0. The topological polar surface area (TPSA) is 148 Å². The highest BCUT2D eigenvalue weighted by atomic mass is 16.7. The number of rotatable bonds is 10. The summed E-state index contributed by atoms with van der Waals surface area (Å²) < 4.78 is 24.9. The zero-order chi connectivity index (χ0) is 39.5. The van der Waals surface area contributed by atoms with E-state index in [1.807, 2.05) is 41.0 Å². The van der Waals surface area contributed by atoms with Gasteiger partial charge in [0.15, 0.2) is 5.82 Å². The molecule has 0 aliphatic heterocycles. The molecule has 2 N–H and O–H groups in total. The number of hydrogen-bond acceptors (Lipinski definition) is 10. The van der Waals surface area contributed by atoms with Crippen LogP contribution in [-0.4, -0.2) is 55.3 Å². The molecule has 0 unspecified atom stereocenters. The van der Waals surface area contributed by atoms with Crippen LogP contribution in [0.4, 0.5) is 20.2 Å². The van der Waals surface area contributed by atoms with Gasteiger partial charge in [-0.2, -0.15) is 4.90 Å². The van der Waals surface area contributed by atoms with Gasteiger partial charge in [-0.15, -0.1) is 0 Å². The van der Waals surface area contributed by atoms with E-state index in [1.165, 1.54) is 0 Å². The Morgan fingerprint density at radius 2 is 1.34 bits per heavy atom. The zero-order valence-corrected chi connectivity index (χ0v) is 33.5. The SMILES string of the molecule is CCCCc1nc2c(N(C(=O)OC(C)(C)C)C(=O)OC(C)(C)C)nc3cc(Cc4cccc(CN)c4)ccc3c2n1CC(C)(C)OC(=O)OC(C)(C)C. The molecular formula is C41H57N5O7. The van der Waals surface area contributed by atoms with Crippen molar-refractivity contribution in [1.82, 2.24) is 14.5 Å². The van der Waals surface area contributed by atoms with Gasteiger partial charge in [0.05, 0.1) is 17.6 Å². The Balaban J connectivity index is 2.03. The van der Waals surface area contributed by atoms with Gasteiger partial charge in [-0.3, -0.25) is 0 Å². The molecule has 0 spiro atoms. The van der Waals surface area contributed by atoms with Crippen LogP contribution in [0.5, 0.6) is 0 Å². The Kier molecular flexibility index (Phi) is 12.2. The van der Waals surface area contributed by atoms with E-state index in [0.717, 1.165) is 39.8 Å². The standard InChI is InChI=1S/C41H57N5O7/c1-13-14-18-31-44-32-33(45(31)25-41(11,12)53-37(49)52-40(8,9)10)29-20-19-27(21-26-16-15-17-28(22-26)24-42)23-30(29)43-34(32)46(35(47)50-38(2,3)4)36(48)51-39(5,6)7/h15-17,19-20,22-23H,13-14,18,21,24-25,42H2,1-12H3. The minimum Gasteiger partial charge on any atom is -0.443 e. The van der Waals surface area contributed by atoms with E-state index in [2.05, 4.69) is 13.0 Å². The smallest absolute Gasteiger partial charge is 0.443 e. The second kappa shape index (κ2) is 15.7. The summed E-state index contributed by atoms with van der Waals surface area (Å²) in [6.45, 7) is 22.0. The maximum atomic E-state index is 14.0. The van der Waals surface area contributed by atoms with E-state index in [1.54, 1.807) is 76.2 Å². The first kappa shape index (κ1) is 41.1. The van der Waals surface area contributed by atoms with Crippen molar-refractivity contribution in [3.63, 3.8) is 0 Å². The third-order valence-electron chi connectivity index (χ3n) is 7.84. The average molecular weight is 732 g/mol. The van der Waals surface area contributed by atoms with E-state index in [-0.39, 0.29) is 12.4 Å². The molecule has 0 atom stereocenters. The number of carbonyl (C=O) groups excluding carboxylic acids is 3. The number of unbranched alkanes of at least 4 members (excludes halogenated alkanes) is 1. The van der Waals surface area contributed by atoms with E-state index in [0.29, 0.717) is 41.8 Å². The lowest BCUT2D eigenvalue weighted by molar-refractivity contribution is -0.0581. The highest BCUT2D eigenvalue weighted by Gasteiger charge is 2.37. The normalized spacial score (nSPS) is 12.5. The van der Waals surface area contributed by atoms with Gasteiger partial charge in [0, 0.05) is 18.4 Å². The number of fused-ring (bicyclic) bond motifs is 3. The lowest BCUT2D eigenvalue weighted by Gasteiger charge is -2.29. The molecule has 0 saturated carbocycles. The number of carbonyl (C=O) groups is 3. The number of aromatic nitrogens is 3. The number of ether oxygens (including phenoxy) is 4. The summed E-state index contributed by atoms with van der Waals surface area (Å²) in [5.41, 5.74) is 6.74. The third-order valence-corrected chi connectivity index (χ3v) is 7.84. The fourth-order valence-corrected chi connectivity index (χ4v) is 5.80. The molecule has 2 aromatic heterocycles. The maximum absolute atomic E-state index is 14.0. The number of amides is 2. The molecule has 0 fully saturated rings. The second-order valence-electron chi connectivity index (χ2n) is 17.0. The molecule has 4 rings (SSSR count). The van der Waals surface area contributed by atoms with Crippen LogP contribution >= 0.6 is 0 Å². The molecule has 0 bridgehead atoms. The number of hydrogen-bond donors (Lipinski definition) is 1. The van der Waals surface area contributed by atoms with Gasteiger partial charge in [0.2, 0.25) is 0 Å². The van der Waals surface area contributed by atoms with Gasteiger partial charge in [0.1, 0.15) is 33.7 Å². The fraction of sp³-hybridized carbons (Fsp3) is 0.537. The Hall–Kier alpha value is -4.71. The molecule has 288 valence electrons. The summed E-state index contributed by atoms with van der Waals surface area (Å²) in [7, 11) is 0. The summed E-state index contributed by atoms with van der Waals surface area (Å²) >= 11 is 0. The van der Waals surface area contributed by atoms with Crippen molar-refractivity contribution >= 4 is 46.1 Å². The Labute approximate surface area is 313 Å². The number of benzene rings is 2. The van der Waals surface area contributed by atoms with E-state index >= 15 is 0 Å². The number of nitrogens with two attached hydrogens (primary N) is 1. The summed E-state index contributed by atoms with van der Waals surface area (Å²) in [5, 5.41) is 0.736. The first-order chi connectivity index (χ1) is 24.5. The number of imide groups is 1. The van der Waals surface area contributed by atoms with Crippen LogP contribution in [0.3, 0.4) is 0 Å². The van der Waals surface area contributed by atoms with Crippen LogP contribution < -0.4 is 10.6 Å². The van der Waals surface area contributed by atoms with Crippen molar-refractivity contribution < 1.29 is 33.3 Å². The Morgan fingerprint density at radius 1 is 0.755 bits per heavy atom. The van der Waals surface area contributed by atoms with Crippen molar-refractivity contribution in [2.75, 3.05) is 4.90 Å². The molecule has 0 saturated heterocycles. The molecule has 0 aliphatic carbocycles. The molecule has 2 heterocycles. The fourth-order valence-electron chi connectivity index (χ4n) is 5.80. The molecule has 12 heteroatoms. The number of imidazole rings is 1. The molecule has 2 amide bonds. The molecule has 0 radical (unpaired) electrons. The van der Waals surface area contributed by atoms with Crippen LogP contribution in [-0.2, 0) is 44.9 Å². The molecule has 0 aliphatic rings. The molecule has 12 nitrogen and oxygen atoms in total. The maximum Gasteiger partial charge on any atom is 0.509 e. The highest BCUT2D eigenvalue weighted by molar-refractivity contribution is 6.17. The van der Waals surface area contributed by atoms with E-state index in [9.17, 15) is 14.4 Å². The number of nitrogens with zero attached hydrogens (tertiary/aromatic N) is 4. The van der Waals surface area contributed by atoms with E-state index < -0.39 is 40.7 Å². The van der Waals surface area contributed by atoms with Crippen molar-refractivity contribution in [2.45, 2.75) is 144 Å². The molecule has 2 aromatic carbocycles. The van der Waals surface area contributed by atoms with Crippen LogP contribution in [0.1, 0.15) is 118 Å². The van der Waals surface area contributed by atoms with Gasteiger partial charge in [-0.25, -0.2) is 24.4 Å². The van der Waals surface area contributed by atoms with Gasteiger partial charge in [-0.05, 0) is 112 Å². The first-order valence-corrected chi connectivity index (χ1v) is 18.3. The zero-order valence-electron chi connectivity index (χ0n) is 33.5. The lowest BCUT2D eigenvalue weighted by atomic mass is 10.0. The quantitative estimate of drug-likeness (QED) is 0.124. The number of anilines is 1. The van der Waals surface area contributed by atoms with Crippen molar-refractivity contribution in [2.24, 2.45) is 5.73 Å². The number of pyridine rings is 1. The van der Waals surface area contributed by atoms with Crippen LogP contribution in [0.25, 0.3) is 21.9 Å². The van der Waals surface area contributed by atoms with Gasteiger partial charge in [0.25, 0.3) is 0 Å². The lowest BCUT2D eigenvalue weighted by Crippen LogP contribution is -2.44. The molecule has 4 aromatic rings. The van der Waals surface area contributed by atoms with Crippen molar-refractivity contribution in [3.05, 3.63) is 65.0 Å². The third kappa shape index (κ3) is 11.1. The summed E-state index contributed by atoms with van der Waals surface area (Å²) in [6.07, 6.45) is 0.176. The molecular weight excluding hydrogens is 674 g/mol. The van der Waals surface area contributed by atoms with Crippen LogP contribution in [0.15, 0.2) is 42.5 Å². The molecule has 53 heavy (non-hydrogen) atoms. The van der Waals surface area contributed by atoms with Gasteiger partial charge in [-0.1, -0.05) is 49.7 Å². The predicted molar refractivity (Wildman–Crippen MR) is 207 cm³/mol. The van der Waals surface area contributed by atoms with Crippen molar-refractivity contribution in [3.8, 4) is 0 Å². The highest BCUT2D eigenvalue weighted by Crippen LogP contribution is 2.36. The summed E-state index contributed by atoms with van der Waals surface area (Å²) in [6, 6.07) is 14.0. The van der Waals surface area contributed by atoms with Crippen molar-refractivity contribution in [1.29, 1.82) is 0 Å². The summed E-state index contributed by atoms with van der Waals surface area (Å²) in [5.74, 6) is 0.648. The minimum atomic E-state index is -1.06. The first-order valence-electron chi connectivity index (χ1n) is 18.3. The summed E-state index contributed by atoms with van der Waals surface area (Å²) in [4.78, 5) is 51.8. The van der Waals surface area contributed by atoms with E-state index in [4.69, 9.17) is 34.6 Å². The monoisotopic (exact) mass is 731 g/mol. The minimum absolute atomic E-state index is 0.0272. The van der Waals surface area contributed by atoms with Crippen LogP contribution in [0.2, 0.25) is 0 Å². The Morgan fingerprint density at radius 3 is 1.91 bits per heavy atom. The predicted octanol–water partition coefficient (Wildman–Crippen LogP) is 9.38. The van der Waals surface area contributed by atoms with Gasteiger partial charge < -0.3 is 29.2 Å². The van der Waals surface area contributed by atoms with Crippen LogP contribution in [0, 0.1) is 0 Å². The number of aryl methyl sites for hydroxylation is 1. The Bertz CT molecular complexity index is 1930. The van der Waals surface area contributed by atoms with Gasteiger partial charge >= 0.3 is 18.3 Å². The average Bonchev–Trinajstić information content (AvgIpc) is 3.34.